The highest BCUT2D eigenvalue weighted by molar-refractivity contribution is 5.23. The van der Waals surface area contributed by atoms with Crippen molar-refractivity contribution in [2.75, 3.05) is 0 Å². The molecule has 0 saturated carbocycles. The first-order valence-electron chi connectivity index (χ1n) is 5.39. The lowest BCUT2D eigenvalue weighted by Crippen LogP contribution is -2.35. The lowest BCUT2D eigenvalue weighted by Gasteiger charge is -2.27. The summed E-state index contributed by atoms with van der Waals surface area (Å²) in [6.45, 7) is 6.00. The van der Waals surface area contributed by atoms with Crippen LogP contribution in [-0.4, -0.2) is 0 Å². The quantitative estimate of drug-likeness (QED) is 0.614. The van der Waals surface area contributed by atoms with Crippen LogP contribution in [0.1, 0.15) is 32.4 Å². The van der Waals surface area contributed by atoms with Crippen LogP contribution in [0.2, 0.25) is 0 Å². The van der Waals surface area contributed by atoms with Crippen molar-refractivity contribution in [1.82, 2.24) is 5.43 Å². The fourth-order valence-electron chi connectivity index (χ4n) is 1.67. The van der Waals surface area contributed by atoms with E-state index in [4.69, 9.17) is 5.84 Å². The highest BCUT2D eigenvalue weighted by Gasteiger charge is 2.24. The fraction of sp³-hybridized carbons (Fsp3) is 0.500. The molecular weight excluding hydrogens is 210 g/mol. The third-order valence-electron chi connectivity index (χ3n) is 3.07. The topological polar surface area (TPSA) is 38.0 Å². The van der Waals surface area contributed by atoms with Crippen molar-refractivity contribution in [2.45, 2.75) is 26.8 Å². The fourth-order valence-corrected chi connectivity index (χ4v) is 1.67. The number of nitrogens with one attached hydrogen (secondary N) is 1. The lowest BCUT2D eigenvalue weighted by molar-refractivity contribution is 0.297. The van der Waals surface area contributed by atoms with Crippen molar-refractivity contribution in [3.63, 3.8) is 0 Å². The first kappa shape index (κ1) is 13.1. The lowest BCUT2D eigenvalue weighted by atomic mass is 9.86. The second kappa shape index (κ2) is 5.37. The van der Waals surface area contributed by atoms with Crippen LogP contribution in [0.4, 0.5) is 8.78 Å². The van der Waals surface area contributed by atoms with Crippen LogP contribution < -0.4 is 11.3 Å². The molecule has 0 saturated heterocycles. The molecule has 0 aromatic heterocycles. The van der Waals surface area contributed by atoms with Gasteiger partial charge in [-0.2, -0.15) is 0 Å². The molecule has 0 aliphatic carbocycles. The third-order valence-corrected chi connectivity index (χ3v) is 3.07. The summed E-state index contributed by atoms with van der Waals surface area (Å²) in [5.41, 5.74) is 2.84. The Kier molecular flexibility index (Phi) is 4.38. The summed E-state index contributed by atoms with van der Waals surface area (Å²) in [6, 6.07) is 3.77. The van der Waals surface area contributed by atoms with Gasteiger partial charge in [-0.1, -0.05) is 32.9 Å². The molecule has 1 aromatic carbocycles. The number of nitrogens with two attached hydrogens (primary N) is 1. The van der Waals surface area contributed by atoms with E-state index in [1.807, 2.05) is 20.8 Å². The molecule has 0 aliphatic heterocycles. The average molecular weight is 228 g/mol. The molecule has 16 heavy (non-hydrogen) atoms. The normalized spacial score (nSPS) is 15.2. The van der Waals surface area contributed by atoms with Gasteiger partial charge in [-0.25, -0.2) is 8.78 Å². The van der Waals surface area contributed by atoms with Gasteiger partial charge < -0.3 is 0 Å². The first-order chi connectivity index (χ1) is 7.49. The Labute approximate surface area is 94.8 Å². The Morgan fingerprint density at radius 2 is 1.81 bits per heavy atom. The largest absolute Gasteiger partial charge is 0.271 e. The zero-order valence-corrected chi connectivity index (χ0v) is 9.80. The Morgan fingerprint density at radius 3 is 2.31 bits per heavy atom. The van der Waals surface area contributed by atoms with Crippen molar-refractivity contribution >= 4 is 0 Å². The Morgan fingerprint density at radius 1 is 1.19 bits per heavy atom. The van der Waals surface area contributed by atoms with E-state index < -0.39 is 11.6 Å². The second-order valence-electron chi connectivity index (χ2n) is 4.39. The smallest absolute Gasteiger partial charge is 0.163 e. The molecule has 0 radical (unpaired) electrons. The Balaban J connectivity index is 3.09. The van der Waals surface area contributed by atoms with Crippen molar-refractivity contribution in [2.24, 2.45) is 17.7 Å². The minimum absolute atomic E-state index is 0.112. The van der Waals surface area contributed by atoms with Gasteiger partial charge in [0, 0.05) is 5.56 Å². The summed E-state index contributed by atoms with van der Waals surface area (Å²) in [7, 11) is 0. The summed E-state index contributed by atoms with van der Waals surface area (Å²) >= 11 is 0. The first-order valence-corrected chi connectivity index (χ1v) is 5.39. The summed E-state index contributed by atoms with van der Waals surface area (Å²) in [5, 5.41) is 0. The number of hydrogen-bond donors (Lipinski definition) is 2. The number of rotatable bonds is 4. The summed E-state index contributed by atoms with van der Waals surface area (Å²) in [5.74, 6) is 4.20. The van der Waals surface area contributed by atoms with Crippen molar-refractivity contribution in [3.8, 4) is 0 Å². The van der Waals surface area contributed by atoms with E-state index in [9.17, 15) is 8.78 Å². The molecule has 0 heterocycles. The Bertz CT molecular complexity index is 353. The van der Waals surface area contributed by atoms with Crippen LogP contribution in [-0.2, 0) is 0 Å². The third kappa shape index (κ3) is 2.57. The summed E-state index contributed by atoms with van der Waals surface area (Å²) < 4.78 is 26.7. The molecule has 2 unspecified atom stereocenters. The molecule has 1 rings (SSSR count). The average Bonchev–Trinajstić information content (AvgIpc) is 2.24. The van der Waals surface area contributed by atoms with E-state index in [0.29, 0.717) is 5.92 Å². The van der Waals surface area contributed by atoms with E-state index >= 15 is 0 Å². The van der Waals surface area contributed by atoms with Gasteiger partial charge >= 0.3 is 0 Å². The summed E-state index contributed by atoms with van der Waals surface area (Å²) in [6.07, 6.45) is 0. The maximum absolute atomic E-state index is 13.6. The molecule has 1 aromatic rings. The van der Waals surface area contributed by atoms with E-state index in [1.165, 1.54) is 6.07 Å². The van der Waals surface area contributed by atoms with E-state index in [1.54, 1.807) is 6.07 Å². The zero-order valence-electron chi connectivity index (χ0n) is 9.80. The number of halogens is 2. The van der Waals surface area contributed by atoms with Crippen LogP contribution >= 0.6 is 0 Å². The Hall–Kier alpha value is -1.00. The monoisotopic (exact) mass is 228 g/mol. The van der Waals surface area contributed by atoms with Gasteiger partial charge in [0.05, 0.1) is 6.04 Å². The van der Waals surface area contributed by atoms with Crippen molar-refractivity contribution < 1.29 is 8.78 Å². The van der Waals surface area contributed by atoms with Gasteiger partial charge in [-0.15, -0.1) is 0 Å². The molecule has 4 heteroatoms. The molecule has 3 N–H and O–H groups in total. The minimum Gasteiger partial charge on any atom is -0.271 e. The van der Waals surface area contributed by atoms with Gasteiger partial charge in [-0.05, 0) is 17.9 Å². The van der Waals surface area contributed by atoms with E-state index in [-0.39, 0.29) is 17.5 Å². The predicted octanol–water partition coefficient (Wildman–Crippen LogP) is 2.76. The molecule has 90 valence electrons. The molecule has 2 nitrogen and oxygen atoms in total. The van der Waals surface area contributed by atoms with Gasteiger partial charge in [0.1, 0.15) is 0 Å². The number of benzene rings is 1. The van der Waals surface area contributed by atoms with Crippen LogP contribution in [0.3, 0.4) is 0 Å². The highest BCUT2D eigenvalue weighted by atomic mass is 19.2. The SMILES string of the molecule is CC(C)C(C)C(NN)c1cccc(F)c1F. The molecule has 0 amide bonds. The van der Waals surface area contributed by atoms with Gasteiger partial charge in [0.15, 0.2) is 11.6 Å². The molecular formula is C12H18F2N2. The van der Waals surface area contributed by atoms with Gasteiger partial charge in [0.25, 0.3) is 0 Å². The van der Waals surface area contributed by atoms with Crippen LogP contribution in [0, 0.1) is 23.5 Å². The van der Waals surface area contributed by atoms with Gasteiger partial charge in [0.2, 0.25) is 0 Å². The molecule has 0 spiro atoms. The van der Waals surface area contributed by atoms with Crippen LogP contribution in [0.25, 0.3) is 0 Å². The molecule has 0 fully saturated rings. The summed E-state index contributed by atoms with van der Waals surface area (Å²) in [4.78, 5) is 0. The minimum atomic E-state index is -0.839. The van der Waals surface area contributed by atoms with Crippen molar-refractivity contribution in [3.05, 3.63) is 35.4 Å². The van der Waals surface area contributed by atoms with E-state index in [2.05, 4.69) is 5.43 Å². The highest BCUT2D eigenvalue weighted by Crippen LogP contribution is 2.29. The number of hydrazine groups is 1. The molecule has 2 atom stereocenters. The van der Waals surface area contributed by atoms with Crippen LogP contribution in [0.15, 0.2) is 18.2 Å². The maximum atomic E-state index is 13.6. The van der Waals surface area contributed by atoms with E-state index in [0.717, 1.165) is 6.07 Å². The standard InChI is InChI=1S/C12H18F2N2/c1-7(2)8(3)12(16-15)9-5-4-6-10(13)11(9)14/h4-8,12,16H,15H2,1-3H3. The van der Waals surface area contributed by atoms with Crippen molar-refractivity contribution in [1.29, 1.82) is 0 Å². The number of hydrogen-bond acceptors (Lipinski definition) is 2. The van der Waals surface area contributed by atoms with Crippen LogP contribution in [0.5, 0.6) is 0 Å². The molecule has 0 aliphatic rings. The maximum Gasteiger partial charge on any atom is 0.163 e. The zero-order chi connectivity index (χ0) is 12.3. The predicted molar refractivity (Wildman–Crippen MR) is 60.4 cm³/mol. The molecule has 0 bridgehead atoms. The second-order valence-corrected chi connectivity index (χ2v) is 4.39. The van der Waals surface area contributed by atoms with Gasteiger partial charge in [-0.3, -0.25) is 11.3 Å².